The molecule has 0 bridgehead atoms. The summed E-state index contributed by atoms with van der Waals surface area (Å²) in [6.45, 7) is 1.93. The summed E-state index contributed by atoms with van der Waals surface area (Å²) in [4.78, 5) is 0. The van der Waals surface area contributed by atoms with Crippen LogP contribution in [0.5, 0.6) is 0 Å². The highest BCUT2D eigenvalue weighted by atomic mass is 19.4. The Labute approximate surface area is 116 Å². The molecule has 0 amide bonds. The first-order chi connectivity index (χ1) is 9.38. The molecule has 108 valence electrons. The number of benzene rings is 1. The number of rotatable bonds is 1. The highest BCUT2D eigenvalue weighted by Crippen LogP contribution is 2.43. The summed E-state index contributed by atoms with van der Waals surface area (Å²) in [5.41, 5.74) is 0.882. The van der Waals surface area contributed by atoms with E-state index in [1.54, 1.807) is 0 Å². The average Bonchev–Trinajstić information content (AvgIpc) is 2.75. The summed E-state index contributed by atoms with van der Waals surface area (Å²) in [6.07, 6.45) is 2.35. The van der Waals surface area contributed by atoms with Crippen LogP contribution in [0, 0.1) is 0 Å². The van der Waals surface area contributed by atoms with E-state index in [0.717, 1.165) is 37.0 Å². The highest BCUT2D eigenvalue weighted by Gasteiger charge is 2.39. The molecule has 1 saturated carbocycles. The third-order valence-corrected chi connectivity index (χ3v) is 4.23. The topological polar surface area (TPSA) is 9.23 Å². The maximum Gasteiger partial charge on any atom is 0.416 e. The van der Waals surface area contributed by atoms with Crippen molar-refractivity contribution in [2.45, 2.75) is 50.5 Å². The van der Waals surface area contributed by atoms with Crippen LogP contribution in [0.15, 0.2) is 35.9 Å². The largest absolute Gasteiger partial charge is 0.416 e. The van der Waals surface area contributed by atoms with E-state index in [4.69, 9.17) is 4.74 Å². The van der Waals surface area contributed by atoms with Gasteiger partial charge in [-0.1, -0.05) is 18.6 Å². The number of alkyl halides is 3. The minimum absolute atomic E-state index is 0.149. The fraction of sp³-hybridized carbons (Fsp3) is 0.500. The Morgan fingerprint density at radius 1 is 1.15 bits per heavy atom. The fourth-order valence-corrected chi connectivity index (χ4v) is 3.13. The summed E-state index contributed by atoms with van der Waals surface area (Å²) in [5, 5.41) is 0. The van der Waals surface area contributed by atoms with E-state index in [2.05, 4.69) is 6.08 Å². The van der Waals surface area contributed by atoms with E-state index in [0.29, 0.717) is 0 Å². The van der Waals surface area contributed by atoms with Crippen molar-refractivity contribution in [2.24, 2.45) is 0 Å². The van der Waals surface area contributed by atoms with Crippen LogP contribution in [-0.2, 0) is 16.5 Å². The smallest absolute Gasteiger partial charge is 0.359 e. The second-order valence-electron chi connectivity index (χ2n) is 5.75. The van der Waals surface area contributed by atoms with Crippen molar-refractivity contribution >= 4 is 0 Å². The summed E-state index contributed by atoms with van der Waals surface area (Å²) >= 11 is 0. The molecule has 1 aromatic carbocycles. The normalized spacial score (nSPS) is 30.0. The van der Waals surface area contributed by atoms with E-state index in [-0.39, 0.29) is 6.10 Å². The molecule has 1 aliphatic heterocycles. The number of ether oxygens (including phenoxy) is 1. The second kappa shape index (κ2) is 4.62. The number of hydrogen-bond donors (Lipinski definition) is 0. The van der Waals surface area contributed by atoms with Gasteiger partial charge >= 0.3 is 6.18 Å². The van der Waals surface area contributed by atoms with E-state index in [9.17, 15) is 13.2 Å². The van der Waals surface area contributed by atoms with Crippen molar-refractivity contribution in [3.63, 3.8) is 0 Å². The lowest BCUT2D eigenvalue weighted by molar-refractivity contribution is -0.137. The van der Waals surface area contributed by atoms with Gasteiger partial charge in [-0.15, -0.1) is 0 Å². The maximum atomic E-state index is 12.6. The van der Waals surface area contributed by atoms with Crippen molar-refractivity contribution in [1.82, 2.24) is 0 Å². The first-order valence-corrected chi connectivity index (χ1v) is 6.96. The quantitative estimate of drug-likeness (QED) is 0.671. The highest BCUT2D eigenvalue weighted by molar-refractivity contribution is 5.36. The van der Waals surface area contributed by atoms with Crippen molar-refractivity contribution in [3.8, 4) is 0 Å². The van der Waals surface area contributed by atoms with Gasteiger partial charge in [0.2, 0.25) is 0 Å². The monoisotopic (exact) mass is 282 g/mol. The SMILES string of the molecule is CC1(c2ccc(C(F)(F)F)cc2)C=C2CCCCC2O1. The first kappa shape index (κ1) is 13.7. The lowest BCUT2D eigenvalue weighted by Crippen LogP contribution is -2.24. The number of halogens is 3. The lowest BCUT2D eigenvalue weighted by Gasteiger charge is -2.27. The summed E-state index contributed by atoms with van der Waals surface area (Å²) < 4.78 is 43.9. The van der Waals surface area contributed by atoms with Crippen LogP contribution < -0.4 is 0 Å². The number of hydrogen-bond acceptors (Lipinski definition) is 1. The maximum absolute atomic E-state index is 12.6. The molecule has 2 atom stereocenters. The van der Waals surface area contributed by atoms with E-state index in [1.165, 1.54) is 24.1 Å². The number of fused-ring (bicyclic) bond motifs is 1. The van der Waals surface area contributed by atoms with Gasteiger partial charge in [0.15, 0.2) is 0 Å². The van der Waals surface area contributed by atoms with Crippen LogP contribution in [-0.4, -0.2) is 6.10 Å². The fourth-order valence-electron chi connectivity index (χ4n) is 3.13. The summed E-state index contributed by atoms with van der Waals surface area (Å²) in [6, 6.07) is 5.31. The van der Waals surface area contributed by atoms with Crippen LogP contribution >= 0.6 is 0 Å². The van der Waals surface area contributed by atoms with Gasteiger partial charge in [-0.3, -0.25) is 0 Å². The minimum atomic E-state index is -4.29. The van der Waals surface area contributed by atoms with Gasteiger partial charge in [0, 0.05) is 0 Å². The molecule has 2 aliphatic rings. The molecule has 0 saturated heterocycles. The molecule has 2 unspecified atom stereocenters. The van der Waals surface area contributed by atoms with Gasteiger partial charge in [0.1, 0.15) is 5.60 Å². The molecule has 0 N–H and O–H groups in total. The lowest BCUT2D eigenvalue weighted by atomic mass is 9.90. The van der Waals surface area contributed by atoms with Crippen molar-refractivity contribution < 1.29 is 17.9 Å². The van der Waals surface area contributed by atoms with Gasteiger partial charge in [0.05, 0.1) is 11.7 Å². The first-order valence-electron chi connectivity index (χ1n) is 6.96. The van der Waals surface area contributed by atoms with E-state index < -0.39 is 17.3 Å². The Kier molecular flexibility index (Phi) is 3.16. The second-order valence-corrected chi connectivity index (χ2v) is 5.75. The Morgan fingerprint density at radius 3 is 2.45 bits per heavy atom. The zero-order chi connectivity index (χ0) is 14.4. The molecule has 0 radical (unpaired) electrons. The van der Waals surface area contributed by atoms with E-state index >= 15 is 0 Å². The minimum Gasteiger partial charge on any atom is -0.359 e. The Morgan fingerprint density at radius 2 is 1.85 bits per heavy atom. The standard InChI is InChI=1S/C16H17F3O/c1-15(10-11-4-2-3-5-14(11)20-15)12-6-8-13(9-7-12)16(17,18)19/h6-10,14H,2-5H2,1H3. The molecule has 1 nitrogen and oxygen atoms in total. The third-order valence-electron chi connectivity index (χ3n) is 4.23. The predicted octanol–water partition coefficient (Wildman–Crippen LogP) is 4.82. The molecule has 1 heterocycles. The van der Waals surface area contributed by atoms with Gasteiger partial charge in [-0.2, -0.15) is 13.2 Å². The Bertz CT molecular complexity index is 530. The molecule has 3 rings (SSSR count). The molecule has 4 heteroatoms. The van der Waals surface area contributed by atoms with Crippen LogP contribution in [0.3, 0.4) is 0 Å². The Balaban J connectivity index is 1.88. The molecule has 1 aliphatic carbocycles. The van der Waals surface area contributed by atoms with Gasteiger partial charge < -0.3 is 4.74 Å². The van der Waals surface area contributed by atoms with Gasteiger partial charge in [-0.05, 0) is 55.5 Å². The molecular weight excluding hydrogens is 265 g/mol. The van der Waals surface area contributed by atoms with E-state index in [1.807, 2.05) is 6.92 Å². The van der Waals surface area contributed by atoms with Crippen molar-refractivity contribution in [2.75, 3.05) is 0 Å². The zero-order valence-electron chi connectivity index (χ0n) is 11.3. The van der Waals surface area contributed by atoms with Crippen LogP contribution in [0.4, 0.5) is 13.2 Å². The van der Waals surface area contributed by atoms with Crippen LogP contribution in [0.2, 0.25) is 0 Å². The molecule has 20 heavy (non-hydrogen) atoms. The molecule has 1 fully saturated rings. The zero-order valence-corrected chi connectivity index (χ0v) is 11.3. The predicted molar refractivity (Wildman–Crippen MR) is 70.2 cm³/mol. The molecule has 0 spiro atoms. The average molecular weight is 282 g/mol. The van der Waals surface area contributed by atoms with Gasteiger partial charge in [-0.25, -0.2) is 0 Å². The van der Waals surface area contributed by atoms with Gasteiger partial charge in [0.25, 0.3) is 0 Å². The Hall–Kier alpha value is -1.29. The molecule has 1 aromatic rings. The summed E-state index contributed by atoms with van der Waals surface area (Å²) in [7, 11) is 0. The van der Waals surface area contributed by atoms with Crippen molar-refractivity contribution in [1.29, 1.82) is 0 Å². The molecule has 0 aromatic heterocycles. The van der Waals surface area contributed by atoms with Crippen LogP contribution in [0.25, 0.3) is 0 Å². The molecular formula is C16H17F3O. The van der Waals surface area contributed by atoms with Crippen LogP contribution in [0.1, 0.15) is 43.7 Å². The van der Waals surface area contributed by atoms with Crippen molar-refractivity contribution in [3.05, 3.63) is 47.0 Å². The third kappa shape index (κ3) is 2.37. The summed E-state index contributed by atoms with van der Waals surface area (Å²) in [5.74, 6) is 0.